The Morgan fingerprint density at radius 3 is 1.71 bits per heavy atom. The number of aromatic carboxylic acids is 1. The molecule has 1 aliphatic carbocycles. The Kier molecular flexibility index (Phi) is 2.39. The molecule has 7 heteroatoms. The van der Waals surface area contributed by atoms with Crippen LogP contribution >= 0.6 is 0 Å². The number of carboxylic acids is 1. The first-order valence-corrected chi connectivity index (χ1v) is 4.61. The number of hydrogen-bond donors (Lipinski definition) is 2. The summed E-state index contributed by atoms with van der Waals surface area (Å²) in [4.78, 5) is 10.4. The van der Waals surface area contributed by atoms with Crippen molar-refractivity contribution in [1.82, 2.24) is 0 Å². The number of aliphatic hydroxyl groups is 1. The highest BCUT2D eigenvalue weighted by Gasteiger charge is 2.49. The van der Waals surface area contributed by atoms with Crippen LogP contribution < -0.4 is 0 Å². The highest BCUT2D eigenvalue weighted by Crippen LogP contribution is 2.48. The fourth-order valence-corrected chi connectivity index (χ4v) is 1.60. The van der Waals surface area contributed by atoms with Gasteiger partial charge in [-0.05, 0) is 12.8 Å². The van der Waals surface area contributed by atoms with Gasteiger partial charge in [-0.25, -0.2) is 22.4 Å². The van der Waals surface area contributed by atoms with Crippen molar-refractivity contribution in [3.05, 3.63) is 34.4 Å². The van der Waals surface area contributed by atoms with Gasteiger partial charge in [-0.15, -0.1) is 0 Å². The third-order valence-corrected chi connectivity index (χ3v) is 2.67. The molecule has 0 aliphatic heterocycles. The second kappa shape index (κ2) is 3.43. The molecule has 1 fully saturated rings. The quantitative estimate of drug-likeness (QED) is 0.622. The lowest BCUT2D eigenvalue weighted by Crippen LogP contribution is -2.18. The Morgan fingerprint density at radius 1 is 1.00 bits per heavy atom. The molecule has 0 spiro atoms. The van der Waals surface area contributed by atoms with Gasteiger partial charge in [0, 0.05) is 0 Å². The summed E-state index contributed by atoms with van der Waals surface area (Å²) in [5, 5.41) is 17.9. The molecule has 1 aromatic carbocycles. The van der Waals surface area contributed by atoms with Gasteiger partial charge in [-0.1, -0.05) is 0 Å². The Bertz CT molecular complexity index is 494. The first-order chi connectivity index (χ1) is 7.79. The summed E-state index contributed by atoms with van der Waals surface area (Å²) in [6.07, 6.45) is -0.0712. The van der Waals surface area contributed by atoms with Gasteiger partial charge in [-0.3, -0.25) is 0 Å². The normalized spacial score (nSPS) is 17.0. The van der Waals surface area contributed by atoms with E-state index in [-0.39, 0.29) is 12.8 Å². The number of carbonyl (C=O) groups is 1. The number of benzene rings is 1. The van der Waals surface area contributed by atoms with E-state index in [1.807, 2.05) is 0 Å². The zero-order valence-electron chi connectivity index (χ0n) is 8.23. The Balaban J connectivity index is 2.78. The van der Waals surface area contributed by atoms with Gasteiger partial charge in [-0.2, -0.15) is 0 Å². The van der Waals surface area contributed by atoms with Crippen LogP contribution in [0.3, 0.4) is 0 Å². The maximum absolute atomic E-state index is 13.4. The maximum Gasteiger partial charge on any atom is 0.341 e. The average Bonchev–Trinajstić information content (AvgIpc) is 2.94. The van der Waals surface area contributed by atoms with Crippen LogP contribution in [0.4, 0.5) is 17.6 Å². The monoisotopic (exact) mass is 250 g/mol. The van der Waals surface area contributed by atoms with Crippen molar-refractivity contribution >= 4 is 5.97 Å². The summed E-state index contributed by atoms with van der Waals surface area (Å²) in [7, 11) is 0. The van der Waals surface area contributed by atoms with E-state index in [1.165, 1.54) is 0 Å². The molecule has 1 saturated carbocycles. The topological polar surface area (TPSA) is 57.5 Å². The molecule has 2 rings (SSSR count). The van der Waals surface area contributed by atoms with E-state index in [0.29, 0.717) is 0 Å². The summed E-state index contributed by atoms with van der Waals surface area (Å²) in [5.41, 5.74) is -4.78. The SMILES string of the molecule is O=C(O)c1c(F)c(F)c(C2(O)CC2)c(F)c1F. The molecule has 3 nitrogen and oxygen atoms in total. The Labute approximate surface area is 92.3 Å². The zero-order valence-corrected chi connectivity index (χ0v) is 8.23. The van der Waals surface area contributed by atoms with Crippen LogP contribution in [0.15, 0.2) is 0 Å². The number of hydrogen-bond acceptors (Lipinski definition) is 2. The fourth-order valence-electron chi connectivity index (χ4n) is 1.60. The highest BCUT2D eigenvalue weighted by molar-refractivity contribution is 5.88. The minimum atomic E-state index is -2.12. The fraction of sp³-hybridized carbons (Fsp3) is 0.300. The molecular formula is C10H6F4O3. The van der Waals surface area contributed by atoms with E-state index in [0.717, 1.165) is 0 Å². The molecule has 0 atom stereocenters. The highest BCUT2D eigenvalue weighted by atomic mass is 19.2. The number of halogens is 4. The molecule has 2 N–H and O–H groups in total. The van der Waals surface area contributed by atoms with Gasteiger partial charge >= 0.3 is 5.97 Å². The van der Waals surface area contributed by atoms with Crippen LogP contribution in [0.2, 0.25) is 0 Å². The van der Waals surface area contributed by atoms with E-state index in [9.17, 15) is 27.5 Å². The Morgan fingerprint density at radius 2 is 1.41 bits per heavy atom. The lowest BCUT2D eigenvalue weighted by atomic mass is 10.0. The van der Waals surface area contributed by atoms with E-state index < -0.39 is 46.0 Å². The molecular weight excluding hydrogens is 244 g/mol. The molecule has 0 amide bonds. The standard InChI is InChI=1S/C10H6F4O3/c11-5-3(9(15)16)6(12)8(14)4(7(5)13)10(17)1-2-10/h17H,1-2H2,(H,15,16). The van der Waals surface area contributed by atoms with Gasteiger partial charge in [0.1, 0.15) is 5.56 Å². The maximum atomic E-state index is 13.4. The predicted octanol–water partition coefficient (Wildman–Crippen LogP) is 1.92. The lowest BCUT2D eigenvalue weighted by molar-refractivity contribution is 0.0681. The van der Waals surface area contributed by atoms with Gasteiger partial charge in [0.15, 0.2) is 23.3 Å². The van der Waals surface area contributed by atoms with Gasteiger partial charge in [0.25, 0.3) is 0 Å². The van der Waals surface area contributed by atoms with Crippen molar-refractivity contribution in [2.24, 2.45) is 0 Å². The second-order valence-electron chi connectivity index (χ2n) is 3.84. The third-order valence-electron chi connectivity index (χ3n) is 2.67. The van der Waals surface area contributed by atoms with E-state index >= 15 is 0 Å². The van der Waals surface area contributed by atoms with Crippen LogP contribution in [-0.4, -0.2) is 16.2 Å². The summed E-state index contributed by atoms with van der Waals surface area (Å²) >= 11 is 0. The zero-order chi connectivity index (χ0) is 13.0. The van der Waals surface area contributed by atoms with Crippen LogP contribution in [-0.2, 0) is 5.60 Å². The van der Waals surface area contributed by atoms with Crippen molar-refractivity contribution in [3.63, 3.8) is 0 Å². The summed E-state index contributed by atoms with van der Waals surface area (Å²) in [5.74, 6) is -9.85. The molecule has 0 radical (unpaired) electrons. The first-order valence-electron chi connectivity index (χ1n) is 4.61. The van der Waals surface area contributed by atoms with E-state index in [1.54, 1.807) is 0 Å². The van der Waals surface area contributed by atoms with Crippen LogP contribution in [0.5, 0.6) is 0 Å². The lowest BCUT2D eigenvalue weighted by Gasteiger charge is -2.13. The Hall–Kier alpha value is -1.63. The first kappa shape index (κ1) is 11.8. The molecule has 1 aromatic rings. The molecule has 0 bridgehead atoms. The van der Waals surface area contributed by atoms with E-state index in [4.69, 9.17) is 5.11 Å². The van der Waals surface area contributed by atoms with Gasteiger partial charge < -0.3 is 10.2 Å². The molecule has 0 unspecified atom stereocenters. The summed E-state index contributed by atoms with van der Waals surface area (Å²) in [6.45, 7) is 0. The van der Waals surface area contributed by atoms with E-state index in [2.05, 4.69) is 0 Å². The van der Waals surface area contributed by atoms with Crippen LogP contribution in [0.1, 0.15) is 28.8 Å². The minimum absolute atomic E-state index is 0.0356. The van der Waals surface area contributed by atoms with Crippen LogP contribution in [0, 0.1) is 23.3 Å². The van der Waals surface area contributed by atoms with Crippen molar-refractivity contribution < 1.29 is 32.6 Å². The van der Waals surface area contributed by atoms with Crippen molar-refractivity contribution in [3.8, 4) is 0 Å². The van der Waals surface area contributed by atoms with Crippen LogP contribution in [0.25, 0.3) is 0 Å². The molecule has 0 heterocycles. The average molecular weight is 250 g/mol. The van der Waals surface area contributed by atoms with Crippen molar-refractivity contribution in [2.45, 2.75) is 18.4 Å². The molecule has 1 aliphatic rings. The predicted molar refractivity (Wildman–Crippen MR) is 46.4 cm³/mol. The summed E-state index contributed by atoms with van der Waals surface area (Å²) < 4.78 is 53.3. The van der Waals surface area contributed by atoms with Gasteiger partial charge in [0.05, 0.1) is 11.2 Å². The minimum Gasteiger partial charge on any atom is -0.477 e. The number of carboxylic acid groups (broad SMARTS) is 1. The smallest absolute Gasteiger partial charge is 0.341 e. The summed E-state index contributed by atoms with van der Waals surface area (Å²) in [6, 6.07) is 0. The molecule has 92 valence electrons. The second-order valence-corrected chi connectivity index (χ2v) is 3.84. The van der Waals surface area contributed by atoms with Crippen molar-refractivity contribution in [2.75, 3.05) is 0 Å². The number of rotatable bonds is 2. The molecule has 0 saturated heterocycles. The van der Waals surface area contributed by atoms with Gasteiger partial charge in [0.2, 0.25) is 0 Å². The molecule has 17 heavy (non-hydrogen) atoms. The molecule has 0 aromatic heterocycles. The largest absolute Gasteiger partial charge is 0.477 e. The third kappa shape index (κ3) is 1.57. The van der Waals surface area contributed by atoms with Crippen molar-refractivity contribution in [1.29, 1.82) is 0 Å².